The minimum absolute atomic E-state index is 0.813. The molecule has 0 aromatic carbocycles. The molecular formula is C10H18N2O. The van der Waals surface area contributed by atoms with Gasteiger partial charge in [-0.25, -0.2) is 0 Å². The quantitative estimate of drug-likeness (QED) is 0.618. The molecule has 3 nitrogen and oxygen atoms in total. The fraction of sp³-hybridized carbons (Fsp3) is 0.900. The zero-order valence-electron chi connectivity index (χ0n) is 8.33. The van der Waals surface area contributed by atoms with Crippen LogP contribution in [0.4, 0.5) is 0 Å². The highest BCUT2D eigenvalue weighted by Crippen LogP contribution is 2.32. The molecule has 0 atom stereocenters. The van der Waals surface area contributed by atoms with Crippen molar-refractivity contribution >= 4 is 5.71 Å². The molecular weight excluding hydrogens is 164 g/mol. The van der Waals surface area contributed by atoms with E-state index in [-0.39, 0.29) is 0 Å². The zero-order chi connectivity index (χ0) is 9.10. The summed E-state index contributed by atoms with van der Waals surface area (Å²) in [6.07, 6.45) is 3.83. The molecule has 1 saturated heterocycles. The Labute approximate surface area is 79.8 Å². The monoisotopic (exact) mass is 182 g/mol. The Balaban J connectivity index is 1.90. The largest absolute Gasteiger partial charge is 0.378 e. The van der Waals surface area contributed by atoms with Crippen molar-refractivity contribution in [2.75, 3.05) is 26.3 Å². The predicted octanol–water partition coefficient (Wildman–Crippen LogP) is 1.49. The van der Waals surface area contributed by atoms with Gasteiger partial charge in [0.05, 0.1) is 26.3 Å². The fourth-order valence-corrected chi connectivity index (χ4v) is 1.69. The smallest absolute Gasteiger partial charge is 0.0659 e. The van der Waals surface area contributed by atoms with Crippen LogP contribution >= 0.6 is 0 Å². The van der Waals surface area contributed by atoms with Crippen molar-refractivity contribution in [2.24, 2.45) is 11.0 Å². The third-order valence-corrected chi connectivity index (χ3v) is 2.67. The van der Waals surface area contributed by atoms with Gasteiger partial charge in [0.2, 0.25) is 0 Å². The molecule has 0 aromatic rings. The second-order valence-electron chi connectivity index (χ2n) is 3.79. The molecule has 0 amide bonds. The molecule has 2 rings (SSSR count). The van der Waals surface area contributed by atoms with Gasteiger partial charge in [-0.1, -0.05) is 6.92 Å². The number of hydrazone groups is 1. The molecule has 13 heavy (non-hydrogen) atoms. The van der Waals surface area contributed by atoms with Gasteiger partial charge >= 0.3 is 0 Å². The highest BCUT2D eigenvalue weighted by molar-refractivity contribution is 5.88. The summed E-state index contributed by atoms with van der Waals surface area (Å²) in [5.74, 6) is 0.813. The third kappa shape index (κ3) is 2.44. The van der Waals surface area contributed by atoms with Crippen molar-refractivity contribution in [1.29, 1.82) is 0 Å². The van der Waals surface area contributed by atoms with E-state index in [2.05, 4.69) is 17.0 Å². The molecule has 1 aliphatic carbocycles. The van der Waals surface area contributed by atoms with Gasteiger partial charge in [-0.15, -0.1) is 0 Å². The Morgan fingerprint density at radius 3 is 2.62 bits per heavy atom. The topological polar surface area (TPSA) is 24.8 Å². The lowest BCUT2D eigenvalue weighted by Gasteiger charge is -2.25. The summed E-state index contributed by atoms with van der Waals surface area (Å²) in [7, 11) is 0. The summed E-state index contributed by atoms with van der Waals surface area (Å²) in [6, 6.07) is 0. The van der Waals surface area contributed by atoms with Crippen LogP contribution in [0.2, 0.25) is 0 Å². The van der Waals surface area contributed by atoms with Gasteiger partial charge in [-0.2, -0.15) is 5.10 Å². The van der Waals surface area contributed by atoms with Crippen LogP contribution in [0.5, 0.6) is 0 Å². The Morgan fingerprint density at radius 1 is 1.38 bits per heavy atom. The lowest BCUT2D eigenvalue weighted by molar-refractivity contribution is 0.0391. The number of nitrogens with zero attached hydrogens (tertiary/aromatic N) is 2. The van der Waals surface area contributed by atoms with E-state index in [0.29, 0.717) is 0 Å². The maximum Gasteiger partial charge on any atom is 0.0659 e. The Bertz CT molecular complexity index is 193. The van der Waals surface area contributed by atoms with Gasteiger partial charge in [0.1, 0.15) is 0 Å². The summed E-state index contributed by atoms with van der Waals surface area (Å²) in [5.41, 5.74) is 1.40. The molecule has 0 unspecified atom stereocenters. The Hall–Kier alpha value is -0.570. The van der Waals surface area contributed by atoms with Crippen LogP contribution in [-0.4, -0.2) is 37.0 Å². The number of rotatable bonds is 3. The van der Waals surface area contributed by atoms with E-state index in [1.807, 2.05) is 0 Å². The van der Waals surface area contributed by atoms with Gasteiger partial charge in [0.25, 0.3) is 0 Å². The molecule has 3 heteroatoms. The maximum absolute atomic E-state index is 5.28. The number of morpholine rings is 1. The molecule has 0 spiro atoms. The van der Waals surface area contributed by atoms with E-state index in [1.165, 1.54) is 18.6 Å². The Kier molecular flexibility index (Phi) is 2.83. The van der Waals surface area contributed by atoms with Crippen LogP contribution < -0.4 is 0 Å². The van der Waals surface area contributed by atoms with Crippen molar-refractivity contribution in [1.82, 2.24) is 5.01 Å². The molecule has 74 valence electrons. The first-order valence-electron chi connectivity index (χ1n) is 5.30. The van der Waals surface area contributed by atoms with E-state index in [4.69, 9.17) is 4.74 Å². The average Bonchev–Trinajstić information content (AvgIpc) is 2.99. The van der Waals surface area contributed by atoms with Gasteiger partial charge < -0.3 is 4.74 Å². The van der Waals surface area contributed by atoms with Gasteiger partial charge in [0, 0.05) is 5.71 Å². The summed E-state index contributed by atoms with van der Waals surface area (Å²) in [6.45, 7) is 5.82. The first-order chi connectivity index (χ1) is 6.40. The van der Waals surface area contributed by atoms with E-state index in [9.17, 15) is 0 Å². The lowest BCUT2D eigenvalue weighted by Crippen LogP contribution is -2.33. The Morgan fingerprint density at radius 2 is 2.08 bits per heavy atom. The molecule has 1 aliphatic heterocycles. The number of hydrogen-bond donors (Lipinski definition) is 0. The predicted molar refractivity (Wildman–Crippen MR) is 52.8 cm³/mol. The second kappa shape index (κ2) is 4.09. The molecule has 2 aliphatic rings. The third-order valence-electron chi connectivity index (χ3n) is 2.67. The molecule has 0 aromatic heterocycles. The van der Waals surface area contributed by atoms with Crippen molar-refractivity contribution in [3.63, 3.8) is 0 Å². The van der Waals surface area contributed by atoms with Crippen LogP contribution in [0, 0.1) is 5.92 Å². The maximum atomic E-state index is 5.28. The average molecular weight is 182 g/mol. The number of hydrogen-bond acceptors (Lipinski definition) is 3. The van der Waals surface area contributed by atoms with Gasteiger partial charge in [-0.3, -0.25) is 5.01 Å². The van der Waals surface area contributed by atoms with Crippen LogP contribution in [0.15, 0.2) is 5.10 Å². The molecule has 0 radical (unpaired) electrons. The van der Waals surface area contributed by atoms with Gasteiger partial charge in [0.15, 0.2) is 0 Å². The SMILES string of the molecule is CC/C(=N/N1CCOCC1)C1CC1. The van der Waals surface area contributed by atoms with E-state index >= 15 is 0 Å². The summed E-state index contributed by atoms with van der Waals surface area (Å²) in [5, 5.41) is 6.85. The molecule has 1 saturated carbocycles. The van der Waals surface area contributed by atoms with Crippen LogP contribution in [0.25, 0.3) is 0 Å². The molecule has 2 fully saturated rings. The zero-order valence-corrected chi connectivity index (χ0v) is 8.33. The first kappa shape index (κ1) is 9.00. The van der Waals surface area contributed by atoms with E-state index in [0.717, 1.165) is 38.6 Å². The minimum atomic E-state index is 0.813. The highest BCUT2D eigenvalue weighted by atomic mass is 16.5. The van der Waals surface area contributed by atoms with Crippen molar-refractivity contribution in [3.8, 4) is 0 Å². The van der Waals surface area contributed by atoms with Gasteiger partial charge in [-0.05, 0) is 25.2 Å². The second-order valence-corrected chi connectivity index (χ2v) is 3.79. The molecule has 0 bridgehead atoms. The van der Waals surface area contributed by atoms with Crippen LogP contribution in [-0.2, 0) is 4.74 Å². The standard InChI is InChI=1S/C10H18N2O/c1-2-10(9-3-4-9)11-12-5-7-13-8-6-12/h9H,2-8H2,1H3/b11-10-. The fourth-order valence-electron chi connectivity index (χ4n) is 1.69. The lowest BCUT2D eigenvalue weighted by atomic mass is 10.2. The summed E-state index contributed by atoms with van der Waals surface area (Å²) in [4.78, 5) is 0. The molecule has 0 N–H and O–H groups in total. The van der Waals surface area contributed by atoms with Crippen molar-refractivity contribution < 1.29 is 4.74 Å². The summed E-state index contributed by atoms with van der Waals surface area (Å²) < 4.78 is 5.28. The van der Waals surface area contributed by atoms with Crippen LogP contribution in [0.3, 0.4) is 0 Å². The van der Waals surface area contributed by atoms with Crippen molar-refractivity contribution in [3.05, 3.63) is 0 Å². The highest BCUT2D eigenvalue weighted by Gasteiger charge is 2.27. The van der Waals surface area contributed by atoms with E-state index in [1.54, 1.807) is 0 Å². The van der Waals surface area contributed by atoms with E-state index < -0.39 is 0 Å². The molecule has 1 heterocycles. The first-order valence-corrected chi connectivity index (χ1v) is 5.30. The summed E-state index contributed by atoms with van der Waals surface area (Å²) >= 11 is 0. The number of ether oxygens (including phenoxy) is 1. The van der Waals surface area contributed by atoms with Crippen LogP contribution in [0.1, 0.15) is 26.2 Å². The normalized spacial score (nSPS) is 25.0. The minimum Gasteiger partial charge on any atom is -0.378 e. The van der Waals surface area contributed by atoms with Crippen molar-refractivity contribution in [2.45, 2.75) is 26.2 Å².